The summed E-state index contributed by atoms with van der Waals surface area (Å²) in [4.78, 5) is 2.67. The smallest absolute Gasteiger partial charge is 0.0235 e. The van der Waals surface area contributed by atoms with E-state index in [2.05, 4.69) is 28.9 Å². The van der Waals surface area contributed by atoms with Gasteiger partial charge in [0.05, 0.1) is 0 Å². The molecule has 3 heteroatoms. The fourth-order valence-electron chi connectivity index (χ4n) is 2.85. The molecule has 0 aromatic rings. The van der Waals surface area contributed by atoms with E-state index in [4.69, 9.17) is 0 Å². The molecule has 1 N–H and O–H groups in total. The number of likely N-dealkylation sites (tertiary alicyclic amines) is 1. The lowest BCUT2D eigenvalue weighted by atomic mass is 9.94. The molecule has 2 rings (SSSR count). The van der Waals surface area contributed by atoms with Crippen molar-refractivity contribution in [2.45, 2.75) is 32.2 Å². The number of hydrogen-bond donors (Lipinski definition) is 1. The third-order valence-electron chi connectivity index (χ3n) is 3.64. The number of nitrogens with one attached hydrogen (secondary N) is 1. The molecule has 0 saturated carbocycles. The first-order chi connectivity index (χ1) is 7.40. The Labute approximate surface area is 98.2 Å². The lowest BCUT2D eigenvalue weighted by Crippen LogP contribution is -2.40. The maximum absolute atomic E-state index is 3.67. The minimum Gasteiger partial charge on any atom is -0.312 e. The van der Waals surface area contributed by atoms with Crippen LogP contribution in [0.2, 0.25) is 0 Å². The highest BCUT2D eigenvalue weighted by Crippen LogP contribution is 2.24. The van der Waals surface area contributed by atoms with Crippen molar-refractivity contribution < 1.29 is 0 Å². The Morgan fingerprint density at radius 2 is 2.33 bits per heavy atom. The van der Waals surface area contributed by atoms with Crippen LogP contribution in [0, 0.1) is 5.92 Å². The Bertz CT molecular complexity index is 172. The fourth-order valence-corrected chi connectivity index (χ4v) is 3.48. The second-order valence-electron chi connectivity index (χ2n) is 4.77. The van der Waals surface area contributed by atoms with Crippen LogP contribution in [0.15, 0.2) is 0 Å². The molecule has 2 fully saturated rings. The predicted octanol–water partition coefficient (Wildman–Crippen LogP) is 1.81. The molecule has 0 spiro atoms. The Hall–Kier alpha value is 0.270. The van der Waals surface area contributed by atoms with Gasteiger partial charge >= 0.3 is 0 Å². The Kier molecular flexibility index (Phi) is 4.79. The molecule has 0 unspecified atom stereocenters. The quantitative estimate of drug-likeness (QED) is 0.723. The highest BCUT2D eigenvalue weighted by atomic mass is 32.2. The summed E-state index contributed by atoms with van der Waals surface area (Å²) in [7, 11) is 0. The van der Waals surface area contributed by atoms with Crippen molar-refractivity contribution in [2.75, 3.05) is 37.7 Å². The average molecular weight is 228 g/mol. The van der Waals surface area contributed by atoms with Crippen LogP contribution in [0.5, 0.6) is 0 Å². The third-order valence-corrected chi connectivity index (χ3v) is 4.63. The Morgan fingerprint density at radius 3 is 3.13 bits per heavy atom. The molecule has 2 heterocycles. The maximum atomic E-state index is 3.67. The lowest BCUT2D eigenvalue weighted by Gasteiger charge is -2.24. The number of hydrogen-bond acceptors (Lipinski definition) is 3. The summed E-state index contributed by atoms with van der Waals surface area (Å²) in [5.74, 6) is 3.57. The Balaban J connectivity index is 1.63. The molecule has 2 aliphatic heterocycles. The number of rotatable bonds is 5. The topological polar surface area (TPSA) is 15.3 Å². The van der Waals surface area contributed by atoms with E-state index in [1.165, 1.54) is 56.9 Å². The average Bonchev–Trinajstić information content (AvgIpc) is 2.67. The number of piperidine rings is 1. The molecule has 88 valence electrons. The summed E-state index contributed by atoms with van der Waals surface area (Å²) in [6.07, 6.45) is 4.22. The molecule has 0 radical (unpaired) electrons. The van der Waals surface area contributed by atoms with Gasteiger partial charge in [-0.15, -0.1) is 0 Å². The monoisotopic (exact) mass is 228 g/mol. The molecule has 2 saturated heterocycles. The van der Waals surface area contributed by atoms with Gasteiger partial charge in [0, 0.05) is 19.1 Å². The van der Waals surface area contributed by atoms with Gasteiger partial charge < -0.3 is 10.2 Å². The fraction of sp³-hybridized carbons (Fsp3) is 1.00. The molecular weight excluding hydrogens is 204 g/mol. The van der Waals surface area contributed by atoms with E-state index in [9.17, 15) is 0 Å². The van der Waals surface area contributed by atoms with Crippen LogP contribution >= 0.6 is 11.8 Å². The van der Waals surface area contributed by atoms with Gasteiger partial charge in [-0.2, -0.15) is 11.8 Å². The zero-order valence-electron chi connectivity index (χ0n) is 9.87. The molecule has 0 aromatic carbocycles. The molecule has 2 nitrogen and oxygen atoms in total. The van der Waals surface area contributed by atoms with Gasteiger partial charge in [0.1, 0.15) is 0 Å². The normalized spacial score (nSPS) is 31.8. The largest absolute Gasteiger partial charge is 0.312 e. The summed E-state index contributed by atoms with van der Waals surface area (Å²) >= 11 is 2.07. The van der Waals surface area contributed by atoms with Crippen molar-refractivity contribution in [2.24, 2.45) is 5.92 Å². The zero-order valence-corrected chi connectivity index (χ0v) is 10.7. The van der Waals surface area contributed by atoms with Crippen LogP contribution in [-0.2, 0) is 0 Å². The summed E-state index contributed by atoms with van der Waals surface area (Å²) < 4.78 is 0. The summed E-state index contributed by atoms with van der Waals surface area (Å²) in [5, 5.41) is 3.67. The lowest BCUT2D eigenvalue weighted by molar-refractivity contribution is 0.320. The number of fused-ring (bicyclic) bond motifs is 1. The first-order valence-corrected chi connectivity index (χ1v) is 7.59. The molecule has 0 aromatic heterocycles. The summed E-state index contributed by atoms with van der Waals surface area (Å²) in [5.41, 5.74) is 0. The molecule has 2 atom stereocenters. The van der Waals surface area contributed by atoms with E-state index in [0.29, 0.717) is 0 Å². The number of nitrogens with zero attached hydrogens (tertiary/aromatic N) is 1. The van der Waals surface area contributed by atoms with Gasteiger partial charge in [-0.1, -0.05) is 6.92 Å². The maximum Gasteiger partial charge on any atom is 0.0235 e. The van der Waals surface area contributed by atoms with Crippen molar-refractivity contribution in [3.63, 3.8) is 0 Å². The van der Waals surface area contributed by atoms with E-state index in [1.54, 1.807) is 0 Å². The molecule has 15 heavy (non-hydrogen) atoms. The highest BCUT2D eigenvalue weighted by molar-refractivity contribution is 7.99. The van der Waals surface area contributed by atoms with Crippen LogP contribution in [0.4, 0.5) is 0 Å². The van der Waals surface area contributed by atoms with Crippen molar-refractivity contribution in [3.05, 3.63) is 0 Å². The number of thioether (sulfide) groups is 1. The van der Waals surface area contributed by atoms with E-state index < -0.39 is 0 Å². The van der Waals surface area contributed by atoms with Gasteiger partial charge in [0.25, 0.3) is 0 Å². The second kappa shape index (κ2) is 6.12. The van der Waals surface area contributed by atoms with Crippen molar-refractivity contribution >= 4 is 11.8 Å². The minimum absolute atomic E-state index is 0.817. The molecule has 0 amide bonds. The molecule has 2 aliphatic rings. The van der Waals surface area contributed by atoms with Crippen LogP contribution in [0.25, 0.3) is 0 Å². The van der Waals surface area contributed by atoms with Gasteiger partial charge in [-0.25, -0.2) is 0 Å². The summed E-state index contributed by atoms with van der Waals surface area (Å²) in [6.45, 7) is 7.48. The van der Waals surface area contributed by atoms with Gasteiger partial charge in [0.15, 0.2) is 0 Å². The Morgan fingerprint density at radius 1 is 1.40 bits per heavy atom. The van der Waals surface area contributed by atoms with Crippen LogP contribution in [-0.4, -0.2) is 48.6 Å². The third kappa shape index (κ3) is 3.36. The van der Waals surface area contributed by atoms with E-state index in [-0.39, 0.29) is 0 Å². The van der Waals surface area contributed by atoms with Crippen LogP contribution in [0.3, 0.4) is 0 Å². The first kappa shape index (κ1) is 11.7. The SMILES string of the molecule is CCSCCCN1C[C@@H]2CCCN[C@@H]2C1. The van der Waals surface area contributed by atoms with Crippen LogP contribution in [0.1, 0.15) is 26.2 Å². The highest BCUT2D eigenvalue weighted by Gasteiger charge is 2.33. The molecule has 0 aliphatic carbocycles. The van der Waals surface area contributed by atoms with Crippen molar-refractivity contribution in [1.29, 1.82) is 0 Å². The predicted molar refractivity (Wildman–Crippen MR) is 68.6 cm³/mol. The van der Waals surface area contributed by atoms with Crippen molar-refractivity contribution in [3.8, 4) is 0 Å². The summed E-state index contributed by atoms with van der Waals surface area (Å²) in [6, 6.07) is 0.817. The zero-order chi connectivity index (χ0) is 10.5. The van der Waals surface area contributed by atoms with Gasteiger partial charge in [-0.05, 0) is 49.8 Å². The van der Waals surface area contributed by atoms with Gasteiger partial charge in [0.2, 0.25) is 0 Å². The van der Waals surface area contributed by atoms with Crippen LogP contribution < -0.4 is 5.32 Å². The van der Waals surface area contributed by atoms with E-state index >= 15 is 0 Å². The van der Waals surface area contributed by atoms with Gasteiger partial charge in [-0.3, -0.25) is 0 Å². The minimum atomic E-state index is 0.817. The first-order valence-electron chi connectivity index (χ1n) is 6.43. The molecule has 0 bridgehead atoms. The van der Waals surface area contributed by atoms with E-state index in [0.717, 1.165) is 12.0 Å². The van der Waals surface area contributed by atoms with E-state index in [1.807, 2.05) is 0 Å². The van der Waals surface area contributed by atoms with Crippen molar-refractivity contribution in [1.82, 2.24) is 10.2 Å². The second-order valence-corrected chi connectivity index (χ2v) is 6.17. The standard InChI is InChI=1S/C12H24N2S/c1-2-15-8-4-7-14-9-11-5-3-6-13-12(11)10-14/h11-13H,2-10H2,1H3/t11-,12+/m0/s1. The molecular formula is C12H24N2S.